The van der Waals surface area contributed by atoms with Crippen LogP contribution in [0.5, 0.6) is 0 Å². The predicted octanol–water partition coefficient (Wildman–Crippen LogP) is 1.20. The standard InChI is InChI=1S/C16H19N5O2/c1-23-7-6-20-11-17-8-13(20)9-18-16(22)10-21-12-19-14-4-2-3-5-15(14)21/h2-5,8,11-12H,6-7,9-10H2,1H3,(H,18,22). The summed E-state index contributed by atoms with van der Waals surface area (Å²) in [6, 6.07) is 7.75. The van der Waals surface area contributed by atoms with Crippen LogP contribution in [0.4, 0.5) is 0 Å². The van der Waals surface area contributed by atoms with Gasteiger partial charge < -0.3 is 19.2 Å². The highest BCUT2D eigenvalue weighted by molar-refractivity contribution is 5.80. The largest absolute Gasteiger partial charge is 0.383 e. The van der Waals surface area contributed by atoms with Crippen LogP contribution in [0.1, 0.15) is 5.69 Å². The molecule has 0 fully saturated rings. The number of ether oxygens (including phenoxy) is 1. The van der Waals surface area contributed by atoms with E-state index in [1.54, 1.807) is 26.0 Å². The fraction of sp³-hybridized carbons (Fsp3) is 0.312. The van der Waals surface area contributed by atoms with Gasteiger partial charge in [0, 0.05) is 19.9 Å². The zero-order chi connectivity index (χ0) is 16.1. The highest BCUT2D eigenvalue weighted by atomic mass is 16.5. The molecule has 0 unspecified atom stereocenters. The van der Waals surface area contributed by atoms with Gasteiger partial charge >= 0.3 is 0 Å². The molecule has 0 saturated carbocycles. The number of rotatable bonds is 7. The average molecular weight is 313 g/mol. The minimum Gasteiger partial charge on any atom is -0.383 e. The van der Waals surface area contributed by atoms with Gasteiger partial charge in [-0.2, -0.15) is 0 Å². The van der Waals surface area contributed by atoms with E-state index < -0.39 is 0 Å². The second kappa shape index (κ2) is 7.06. The molecule has 1 N–H and O–H groups in total. The van der Waals surface area contributed by atoms with E-state index in [9.17, 15) is 4.79 Å². The van der Waals surface area contributed by atoms with E-state index in [0.29, 0.717) is 19.7 Å². The van der Waals surface area contributed by atoms with Crippen molar-refractivity contribution in [2.45, 2.75) is 19.6 Å². The van der Waals surface area contributed by atoms with Crippen molar-refractivity contribution in [1.29, 1.82) is 0 Å². The highest BCUT2D eigenvalue weighted by Gasteiger charge is 2.08. The summed E-state index contributed by atoms with van der Waals surface area (Å²) < 4.78 is 8.87. The van der Waals surface area contributed by atoms with E-state index in [4.69, 9.17) is 4.74 Å². The summed E-state index contributed by atoms with van der Waals surface area (Å²) in [6.45, 7) is 2.01. The smallest absolute Gasteiger partial charge is 0.240 e. The van der Waals surface area contributed by atoms with Crippen LogP contribution in [0.2, 0.25) is 0 Å². The maximum atomic E-state index is 12.2. The number of methoxy groups -OCH3 is 1. The minimum atomic E-state index is -0.0624. The molecule has 0 aliphatic carbocycles. The van der Waals surface area contributed by atoms with Crippen molar-refractivity contribution < 1.29 is 9.53 Å². The monoisotopic (exact) mass is 313 g/mol. The summed E-state index contributed by atoms with van der Waals surface area (Å²) in [7, 11) is 1.66. The number of para-hydroxylation sites is 2. The first kappa shape index (κ1) is 15.2. The molecule has 3 aromatic rings. The Labute approximate surface area is 133 Å². The van der Waals surface area contributed by atoms with E-state index in [2.05, 4.69) is 15.3 Å². The van der Waals surface area contributed by atoms with Crippen molar-refractivity contribution >= 4 is 16.9 Å². The Morgan fingerprint density at radius 1 is 1.26 bits per heavy atom. The van der Waals surface area contributed by atoms with Crippen LogP contribution in [0.25, 0.3) is 11.0 Å². The molecule has 1 aromatic carbocycles. The SMILES string of the molecule is COCCn1cncc1CNC(=O)Cn1cnc2ccccc21. The van der Waals surface area contributed by atoms with E-state index in [1.165, 1.54) is 0 Å². The molecule has 0 bridgehead atoms. The molecule has 2 aromatic heterocycles. The molecule has 0 radical (unpaired) electrons. The normalized spacial score (nSPS) is 11.0. The number of aromatic nitrogens is 4. The zero-order valence-corrected chi connectivity index (χ0v) is 13.0. The van der Waals surface area contributed by atoms with Gasteiger partial charge in [-0.15, -0.1) is 0 Å². The van der Waals surface area contributed by atoms with Gasteiger partial charge in [0.2, 0.25) is 5.91 Å². The average Bonchev–Trinajstić information content (AvgIpc) is 3.18. The van der Waals surface area contributed by atoms with Crippen molar-refractivity contribution in [1.82, 2.24) is 24.4 Å². The molecule has 2 heterocycles. The third-order valence-corrected chi connectivity index (χ3v) is 3.64. The number of nitrogens with zero attached hydrogens (tertiary/aromatic N) is 4. The Morgan fingerprint density at radius 3 is 3.00 bits per heavy atom. The molecule has 0 spiro atoms. The summed E-state index contributed by atoms with van der Waals surface area (Å²) >= 11 is 0. The number of benzene rings is 1. The lowest BCUT2D eigenvalue weighted by Crippen LogP contribution is -2.28. The first-order valence-corrected chi connectivity index (χ1v) is 7.42. The topological polar surface area (TPSA) is 74.0 Å². The lowest BCUT2D eigenvalue weighted by molar-refractivity contribution is -0.121. The predicted molar refractivity (Wildman–Crippen MR) is 85.7 cm³/mol. The van der Waals surface area contributed by atoms with Crippen molar-refractivity contribution in [2.24, 2.45) is 0 Å². The van der Waals surface area contributed by atoms with Crippen LogP contribution >= 0.6 is 0 Å². The molecule has 7 heteroatoms. The first-order chi connectivity index (χ1) is 11.3. The van der Waals surface area contributed by atoms with Gasteiger partial charge in [0.05, 0.1) is 42.5 Å². The van der Waals surface area contributed by atoms with Crippen molar-refractivity contribution in [2.75, 3.05) is 13.7 Å². The van der Waals surface area contributed by atoms with E-state index in [0.717, 1.165) is 16.7 Å². The summed E-state index contributed by atoms with van der Waals surface area (Å²) in [6.07, 6.45) is 5.18. The first-order valence-electron chi connectivity index (χ1n) is 7.42. The van der Waals surface area contributed by atoms with Gasteiger partial charge in [-0.3, -0.25) is 4.79 Å². The molecule has 0 aliphatic rings. The van der Waals surface area contributed by atoms with Crippen LogP contribution in [0.15, 0.2) is 43.1 Å². The Balaban J connectivity index is 1.59. The summed E-state index contributed by atoms with van der Waals surface area (Å²) in [5.74, 6) is -0.0624. The summed E-state index contributed by atoms with van der Waals surface area (Å²) in [5, 5.41) is 2.92. The zero-order valence-electron chi connectivity index (χ0n) is 13.0. The Hall–Kier alpha value is -2.67. The number of hydrogen-bond acceptors (Lipinski definition) is 4. The molecular weight excluding hydrogens is 294 g/mol. The molecule has 120 valence electrons. The van der Waals surface area contributed by atoms with Gasteiger partial charge in [0.1, 0.15) is 6.54 Å². The molecule has 0 atom stereocenters. The third-order valence-electron chi connectivity index (χ3n) is 3.64. The number of carbonyl (C=O) groups excluding carboxylic acids is 1. The lowest BCUT2D eigenvalue weighted by Gasteiger charge is -2.09. The molecule has 7 nitrogen and oxygen atoms in total. The fourth-order valence-corrected chi connectivity index (χ4v) is 2.42. The molecule has 3 rings (SSSR count). The van der Waals surface area contributed by atoms with Gasteiger partial charge in [-0.25, -0.2) is 9.97 Å². The Bertz CT molecular complexity index is 792. The lowest BCUT2D eigenvalue weighted by atomic mass is 10.3. The molecular formula is C16H19N5O2. The molecule has 0 saturated heterocycles. The van der Waals surface area contributed by atoms with Gasteiger partial charge in [-0.1, -0.05) is 12.1 Å². The maximum absolute atomic E-state index is 12.2. The second-order valence-corrected chi connectivity index (χ2v) is 5.21. The van der Waals surface area contributed by atoms with E-state index >= 15 is 0 Å². The van der Waals surface area contributed by atoms with Crippen LogP contribution < -0.4 is 5.32 Å². The van der Waals surface area contributed by atoms with Crippen LogP contribution in [0, 0.1) is 0 Å². The van der Waals surface area contributed by atoms with Gasteiger partial charge in [0.15, 0.2) is 0 Å². The van der Waals surface area contributed by atoms with Crippen LogP contribution in [-0.4, -0.2) is 38.7 Å². The highest BCUT2D eigenvalue weighted by Crippen LogP contribution is 2.11. The second-order valence-electron chi connectivity index (χ2n) is 5.21. The number of amides is 1. The Kier molecular flexibility index (Phi) is 4.68. The van der Waals surface area contributed by atoms with Crippen molar-refractivity contribution in [3.8, 4) is 0 Å². The van der Waals surface area contributed by atoms with Gasteiger partial charge in [-0.05, 0) is 12.1 Å². The van der Waals surface area contributed by atoms with Crippen LogP contribution in [-0.2, 0) is 29.2 Å². The summed E-state index contributed by atoms with van der Waals surface area (Å²) in [5.41, 5.74) is 2.79. The maximum Gasteiger partial charge on any atom is 0.240 e. The van der Waals surface area contributed by atoms with Crippen molar-refractivity contribution in [3.05, 3.63) is 48.8 Å². The minimum absolute atomic E-state index is 0.0624. The Morgan fingerprint density at radius 2 is 2.13 bits per heavy atom. The fourth-order valence-electron chi connectivity index (χ4n) is 2.42. The molecule has 23 heavy (non-hydrogen) atoms. The van der Waals surface area contributed by atoms with E-state index in [-0.39, 0.29) is 12.5 Å². The number of carbonyl (C=O) groups is 1. The van der Waals surface area contributed by atoms with E-state index in [1.807, 2.05) is 33.4 Å². The number of hydrogen-bond donors (Lipinski definition) is 1. The molecule has 1 amide bonds. The third kappa shape index (κ3) is 3.57. The molecule has 0 aliphatic heterocycles. The number of fused-ring (bicyclic) bond motifs is 1. The van der Waals surface area contributed by atoms with Crippen LogP contribution in [0.3, 0.4) is 0 Å². The quantitative estimate of drug-likeness (QED) is 0.711. The van der Waals surface area contributed by atoms with Crippen molar-refractivity contribution in [3.63, 3.8) is 0 Å². The van der Waals surface area contributed by atoms with Gasteiger partial charge in [0.25, 0.3) is 0 Å². The summed E-state index contributed by atoms with van der Waals surface area (Å²) in [4.78, 5) is 20.6. The number of nitrogens with one attached hydrogen (secondary N) is 1. The number of imidazole rings is 2.